The third-order valence-electron chi connectivity index (χ3n) is 6.03. The van der Waals surface area contributed by atoms with Crippen LogP contribution in [0.2, 0.25) is 0 Å². The van der Waals surface area contributed by atoms with Crippen LogP contribution >= 0.6 is 0 Å². The molecular formula is C18H20F2O. The summed E-state index contributed by atoms with van der Waals surface area (Å²) in [6, 6.07) is 3.83. The fourth-order valence-electron chi connectivity index (χ4n) is 5.50. The van der Waals surface area contributed by atoms with Gasteiger partial charge in [-0.15, -0.1) is 0 Å². The van der Waals surface area contributed by atoms with Crippen molar-refractivity contribution in [3.05, 3.63) is 35.4 Å². The highest BCUT2D eigenvalue weighted by Crippen LogP contribution is 2.60. The van der Waals surface area contributed by atoms with Crippen LogP contribution in [-0.4, -0.2) is 5.78 Å². The Morgan fingerprint density at radius 3 is 1.95 bits per heavy atom. The molecule has 4 aliphatic carbocycles. The van der Waals surface area contributed by atoms with E-state index in [2.05, 4.69) is 0 Å². The van der Waals surface area contributed by atoms with E-state index < -0.39 is 11.6 Å². The zero-order chi connectivity index (χ0) is 14.6. The topological polar surface area (TPSA) is 17.1 Å². The average molecular weight is 290 g/mol. The maximum Gasteiger partial charge on any atom is 0.143 e. The van der Waals surface area contributed by atoms with Gasteiger partial charge < -0.3 is 0 Å². The van der Waals surface area contributed by atoms with Crippen molar-refractivity contribution in [2.75, 3.05) is 0 Å². The molecule has 0 heterocycles. The van der Waals surface area contributed by atoms with Crippen LogP contribution in [0.4, 0.5) is 8.78 Å². The van der Waals surface area contributed by atoms with Crippen molar-refractivity contribution in [1.29, 1.82) is 0 Å². The van der Waals surface area contributed by atoms with Crippen LogP contribution in [0, 0.1) is 34.8 Å². The molecule has 4 fully saturated rings. The van der Waals surface area contributed by atoms with Crippen LogP contribution in [0.25, 0.3) is 0 Å². The molecule has 3 heteroatoms. The minimum absolute atomic E-state index is 0.0433. The SMILES string of the molecule is O=C(Cc1c(F)cccc1F)C12CC3CC(CC(C3)C1)C2. The van der Waals surface area contributed by atoms with Gasteiger partial charge in [0.05, 0.1) is 0 Å². The molecule has 0 atom stereocenters. The number of Topliss-reactive ketones (excluding diaryl/α,β-unsaturated/α-hetero) is 1. The van der Waals surface area contributed by atoms with E-state index in [1.807, 2.05) is 0 Å². The number of hydrogen-bond acceptors (Lipinski definition) is 1. The molecule has 5 rings (SSSR count). The van der Waals surface area contributed by atoms with E-state index in [0.29, 0.717) is 17.8 Å². The lowest BCUT2D eigenvalue weighted by molar-refractivity contribution is -0.143. The Kier molecular flexibility index (Phi) is 2.95. The number of ketones is 1. The minimum Gasteiger partial charge on any atom is -0.299 e. The van der Waals surface area contributed by atoms with Gasteiger partial charge in [-0.1, -0.05) is 6.07 Å². The fourth-order valence-corrected chi connectivity index (χ4v) is 5.50. The third kappa shape index (κ3) is 2.13. The van der Waals surface area contributed by atoms with Gasteiger partial charge in [-0.2, -0.15) is 0 Å². The van der Waals surface area contributed by atoms with Crippen LogP contribution in [0.1, 0.15) is 44.1 Å². The van der Waals surface area contributed by atoms with Crippen LogP contribution in [-0.2, 0) is 11.2 Å². The van der Waals surface area contributed by atoms with E-state index in [4.69, 9.17) is 0 Å². The molecule has 0 saturated heterocycles. The number of benzene rings is 1. The van der Waals surface area contributed by atoms with Crippen molar-refractivity contribution in [1.82, 2.24) is 0 Å². The van der Waals surface area contributed by atoms with E-state index in [0.717, 1.165) is 19.3 Å². The summed E-state index contributed by atoms with van der Waals surface area (Å²) in [6.45, 7) is 0. The van der Waals surface area contributed by atoms with Gasteiger partial charge in [-0.3, -0.25) is 4.79 Å². The van der Waals surface area contributed by atoms with E-state index in [-0.39, 0.29) is 23.2 Å². The Bertz CT molecular complexity index is 537. The van der Waals surface area contributed by atoms with Crippen LogP contribution in [0.15, 0.2) is 18.2 Å². The Balaban J connectivity index is 1.60. The summed E-state index contributed by atoms with van der Waals surface area (Å²) >= 11 is 0. The molecule has 0 spiro atoms. The van der Waals surface area contributed by atoms with Gasteiger partial charge in [0.2, 0.25) is 0 Å². The van der Waals surface area contributed by atoms with E-state index in [1.165, 1.54) is 37.5 Å². The highest BCUT2D eigenvalue weighted by molar-refractivity contribution is 5.87. The second-order valence-corrected chi connectivity index (χ2v) is 7.50. The van der Waals surface area contributed by atoms with Crippen molar-refractivity contribution < 1.29 is 13.6 Å². The monoisotopic (exact) mass is 290 g/mol. The van der Waals surface area contributed by atoms with Gasteiger partial charge in [0.1, 0.15) is 17.4 Å². The lowest BCUT2D eigenvalue weighted by Gasteiger charge is -2.56. The summed E-state index contributed by atoms with van der Waals surface area (Å²) in [4.78, 5) is 12.8. The van der Waals surface area contributed by atoms with E-state index >= 15 is 0 Å². The maximum absolute atomic E-state index is 13.8. The highest BCUT2D eigenvalue weighted by atomic mass is 19.1. The summed E-state index contributed by atoms with van der Waals surface area (Å²) in [5.41, 5.74) is -0.318. The first-order valence-corrected chi connectivity index (χ1v) is 8.02. The number of carbonyl (C=O) groups excluding carboxylic acids is 1. The second kappa shape index (κ2) is 4.62. The third-order valence-corrected chi connectivity index (χ3v) is 6.03. The van der Waals surface area contributed by atoms with Crippen LogP contribution in [0.5, 0.6) is 0 Å². The number of carbonyl (C=O) groups is 1. The molecule has 112 valence electrons. The van der Waals surface area contributed by atoms with Crippen LogP contribution < -0.4 is 0 Å². The lowest BCUT2D eigenvalue weighted by atomic mass is 9.48. The van der Waals surface area contributed by atoms with Gasteiger partial charge in [0.25, 0.3) is 0 Å². The summed E-state index contributed by atoms with van der Waals surface area (Å²) in [5.74, 6) is 0.911. The smallest absolute Gasteiger partial charge is 0.143 e. The number of rotatable bonds is 3. The van der Waals surface area contributed by atoms with Gasteiger partial charge in [0.15, 0.2) is 0 Å². The van der Waals surface area contributed by atoms with Crippen LogP contribution in [0.3, 0.4) is 0 Å². The molecule has 4 saturated carbocycles. The fraction of sp³-hybridized carbons (Fsp3) is 0.611. The van der Waals surface area contributed by atoms with Gasteiger partial charge in [0, 0.05) is 17.4 Å². The van der Waals surface area contributed by atoms with Crippen molar-refractivity contribution in [3.8, 4) is 0 Å². The van der Waals surface area contributed by atoms with Crippen molar-refractivity contribution in [2.24, 2.45) is 23.2 Å². The second-order valence-electron chi connectivity index (χ2n) is 7.50. The molecular weight excluding hydrogens is 270 g/mol. The molecule has 21 heavy (non-hydrogen) atoms. The summed E-state index contributed by atoms with van der Waals surface area (Å²) < 4.78 is 27.6. The molecule has 0 amide bonds. The van der Waals surface area contributed by atoms with E-state index in [1.54, 1.807) is 0 Å². The first-order chi connectivity index (χ1) is 10.1. The Morgan fingerprint density at radius 2 is 1.48 bits per heavy atom. The molecule has 4 bridgehead atoms. The average Bonchev–Trinajstić information content (AvgIpc) is 2.41. The van der Waals surface area contributed by atoms with Gasteiger partial charge in [-0.05, 0) is 68.4 Å². The quantitative estimate of drug-likeness (QED) is 0.811. The van der Waals surface area contributed by atoms with E-state index in [9.17, 15) is 13.6 Å². The summed E-state index contributed by atoms with van der Waals surface area (Å²) in [7, 11) is 0. The molecule has 1 nitrogen and oxygen atoms in total. The maximum atomic E-state index is 13.8. The Hall–Kier alpha value is -1.25. The standard InChI is InChI=1S/C18H20F2O/c19-15-2-1-3-16(20)14(15)7-17(21)18-8-11-4-12(9-18)6-13(5-11)10-18/h1-3,11-13H,4-10H2. The Morgan fingerprint density at radius 1 is 1.00 bits per heavy atom. The van der Waals surface area contributed by atoms with Crippen molar-refractivity contribution >= 4 is 5.78 Å². The molecule has 0 aromatic heterocycles. The number of halogens is 2. The van der Waals surface area contributed by atoms with Crippen molar-refractivity contribution in [3.63, 3.8) is 0 Å². The molecule has 0 N–H and O–H groups in total. The first-order valence-electron chi connectivity index (χ1n) is 8.02. The molecule has 0 radical (unpaired) electrons. The lowest BCUT2D eigenvalue weighted by Crippen LogP contribution is -2.50. The molecule has 1 aromatic carbocycles. The zero-order valence-corrected chi connectivity index (χ0v) is 12.1. The zero-order valence-electron chi connectivity index (χ0n) is 12.1. The molecule has 1 aromatic rings. The van der Waals surface area contributed by atoms with Gasteiger partial charge in [-0.25, -0.2) is 8.78 Å². The normalized spacial score (nSPS) is 37.0. The Labute approximate surface area is 123 Å². The predicted molar refractivity (Wildman–Crippen MR) is 75.7 cm³/mol. The molecule has 0 aliphatic heterocycles. The largest absolute Gasteiger partial charge is 0.299 e. The summed E-state index contributed by atoms with van der Waals surface area (Å²) in [5, 5.41) is 0. The minimum atomic E-state index is -0.590. The molecule has 0 unspecified atom stereocenters. The first kappa shape index (κ1) is 13.4. The van der Waals surface area contributed by atoms with Crippen molar-refractivity contribution in [2.45, 2.75) is 44.9 Å². The predicted octanol–water partition coefficient (Wildman–Crippen LogP) is 4.29. The summed E-state index contributed by atoms with van der Waals surface area (Å²) in [6.07, 6.45) is 6.57. The molecule has 4 aliphatic rings. The van der Waals surface area contributed by atoms with Gasteiger partial charge >= 0.3 is 0 Å². The highest BCUT2D eigenvalue weighted by Gasteiger charge is 2.54. The number of hydrogen-bond donors (Lipinski definition) is 0.